The van der Waals surface area contributed by atoms with Gasteiger partial charge in [-0.1, -0.05) is 5.21 Å². The van der Waals surface area contributed by atoms with Gasteiger partial charge in [-0.15, -0.1) is 5.10 Å². The Kier molecular flexibility index (Phi) is 2.46. The summed E-state index contributed by atoms with van der Waals surface area (Å²) in [6.45, 7) is 0. The predicted molar refractivity (Wildman–Crippen MR) is 61.9 cm³/mol. The standard InChI is InChI=1S/C12H20N4/c1-13-12(6-11-7-16(2)15-14-11)10-4-8-3-9(8)5-10/h7-10,12-13H,3-6H2,1-2H3. The largest absolute Gasteiger partial charge is 0.316 e. The summed E-state index contributed by atoms with van der Waals surface area (Å²) >= 11 is 0. The second-order valence-electron chi connectivity index (χ2n) is 5.47. The molecule has 4 heteroatoms. The molecule has 0 amide bonds. The van der Waals surface area contributed by atoms with Gasteiger partial charge in [0, 0.05) is 25.7 Å². The SMILES string of the molecule is CNC(Cc1cn(C)nn1)C1CC2CC2C1. The fraction of sp³-hybridized carbons (Fsp3) is 0.833. The lowest BCUT2D eigenvalue weighted by molar-refractivity contribution is 0.347. The maximum atomic E-state index is 4.18. The van der Waals surface area contributed by atoms with E-state index in [1.807, 2.05) is 13.2 Å². The van der Waals surface area contributed by atoms with Crippen LogP contribution in [0.25, 0.3) is 0 Å². The molecule has 3 rings (SSSR count). The van der Waals surface area contributed by atoms with Crippen LogP contribution >= 0.6 is 0 Å². The van der Waals surface area contributed by atoms with E-state index in [1.54, 1.807) is 4.68 Å². The van der Waals surface area contributed by atoms with Gasteiger partial charge in [-0.2, -0.15) is 0 Å². The molecule has 2 aliphatic carbocycles. The molecule has 1 aromatic heterocycles. The van der Waals surface area contributed by atoms with Crippen LogP contribution in [0.2, 0.25) is 0 Å². The number of likely N-dealkylation sites (N-methyl/N-ethyl adjacent to an activating group) is 1. The maximum Gasteiger partial charge on any atom is 0.0842 e. The Labute approximate surface area is 96.4 Å². The first-order valence-corrected chi connectivity index (χ1v) is 6.28. The zero-order valence-electron chi connectivity index (χ0n) is 10.1. The summed E-state index contributed by atoms with van der Waals surface area (Å²) in [6, 6.07) is 0.588. The third kappa shape index (κ3) is 1.86. The first-order valence-electron chi connectivity index (χ1n) is 6.28. The van der Waals surface area contributed by atoms with Gasteiger partial charge in [0.25, 0.3) is 0 Å². The average molecular weight is 220 g/mol. The van der Waals surface area contributed by atoms with E-state index in [-0.39, 0.29) is 0 Å². The maximum absolute atomic E-state index is 4.18. The third-order valence-electron chi connectivity index (χ3n) is 4.30. The number of nitrogens with one attached hydrogen (secondary N) is 1. The van der Waals surface area contributed by atoms with Crippen LogP contribution in [0.4, 0.5) is 0 Å². The molecular formula is C12H20N4. The fourth-order valence-corrected chi connectivity index (χ4v) is 3.31. The van der Waals surface area contributed by atoms with Gasteiger partial charge in [0.1, 0.15) is 0 Å². The van der Waals surface area contributed by atoms with Gasteiger partial charge in [0.05, 0.1) is 5.69 Å². The molecule has 0 saturated heterocycles. The minimum atomic E-state index is 0.588. The summed E-state index contributed by atoms with van der Waals surface area (Å²) in [6.07, 6.45) is 7.40. The molecule has 0 aliphatic heterocycles. The lowest BCUT2D eigenvalue weighted by atomic mass is 9.91. The second kappa shape index (κ2) is 3.84. The van der Waals surface area contributed by atoms with Crippen molar-refractivity contribution in [2.24, 2.45) is 24.8 Å². The molecule has 2 saturated carbocycles. The van der Waals surface area contributed by atoms with Gasteiger partial charge in [-0.05, 0) is 44.1 Å². The predicted octanol–water partition coefficient (Wildman–Crippen LogP) is 0.992. The Morgan fingerprint density at radius 1 is 1.44 bits per heavy atom. The molecule has 1 aromatic rings. The van der Waals surface area contributed by atoms with Crippen LogP contribution in [0.1, 0.15) is 25.0 Å². The van der Waals surface area contributed by atoms with Crippen LogP contribution in [-0.4, -0.2) is 28.1 Å². The molecule has 0 aromatic carbocycles. The topological polar surface area (TPSA) is 42.7 Å². The first kappa shape index (κ1) is 10.3. The van der Waals surface area contributed by atoms with Crippen molar-refractivity contribution in [1.82, 2.24) is 20.3 Å². The monoisotopic (exact) mass is 220 g/mol. The summed E-state index contributed by atoms with van der Waals surface area (Å²) in [4.78, 5) is 0. The van der Waals surface area contributed by atoms with Crippen molar-refractivity contribution in [2.75, 3.05) is 7.05 Å². The van der Waals surface area contributed by atoms with E-state index in [4.69, 9.17) is 0 Å². The van der Waals surface area contributed by atoms with Gasteiger partial charge in [0.15, 0.2) is 0 Å². The molecule has 16 heavy (non-hydrogen) atoms. The van der Waals surface area contributed by atoms with E-state index in [1.165, 1.54) is 19.3 Å². The van der Waals surface area contributed by atoms with Crippen LogP contribution in [-0.2, 0) is 13.5 Å². The molecular weight excluding hydrogens is 200 g/mol. The van der Waals surface area contributed by atoms with Gasteiger partial charge < -0.3 is 5.32 Å². The van der Waals surface area contributed by atoms with Gasteiger partial charge in [0.2, 0.25) is 0 Å². The second-order valence-corrected chi connectivity index (χ2v) is 5.47. The summed E-state index contributed by atoms with van der Waals surface area (Å²) in [5.41, 5.74) is 1.11. The van der Waals surface area contributed by atoms with Crippen molar-refractivity contribution < 1.29 is 0 Å². The molecule has 2 fully saturated rings. The summed E-state index contributed by atoms with van der Waals surface area (Å²) in [5.74, 6) is 2.97. The Morgan fingerprint density at radius 2 is 2.19 bits per heavy atom. The zero-order valence-corrected chi connectivity index (χ0v) is 10.1. The Balaban J connectivity index is 1.62. The van der Waals surface area contributed by atoms with Crippen molar-refractivity contribution in [3.63, 3.8) is 0 Å². The van der Waals surface area contributed by atoms with E-state index in [2.05, 4.69) is 22.7 Å². The van der Waals surface area contributed by atoms with Crippen molar-refractivity contribution in [2.45, 2.75) is 31.7 Å². The van der Waals surface area contributed by atoms with Crippen LogP contribution in [0.5, 0.6) is 0 Å². The van der Waals surface area contributed by atoms with E-state index in [9.17, 15) is 0 Å². The summed E-state index contributed by atoms with van der Waals surface area (Å²) < 4.78 is 1.79. The highest BCUT2D eigenvalue weighted by Gasteiger charge is 2.47. The first-order chi connectivity index (χ1) is 7.76. The van der Waals surface area contributed by atoms with Crippen LogP contribution < -0.4 is 5.32 Å². The van der Waals surface area contributed by atoms with Crippen molar-refractivity contribution in [3.05, 3.63) is 11.9 Å². The highest BCUT2D eigenvalue weighted by atomic mass is 15.4. The van der Waals surface area contributed by atoms with E-state index in [0.29, 0.717) is 6.04 Å². The lowest BCUT2D eigenvalue weighted by Crippen LogP contribution is -2.35. The minimum Gasteiger partial charge on any atom is -0.316 e. The van der Waals surface area contributed by atoms with Gasteiger partial charge >= 0.3 is 0 Å². The third-order valence-corrected chi connectivity index (χ3v) is 4.30. The Morgan fingerprint density at radius 3 is 2.75 bits per heavy atom. The molecule has 1 heterocycles. The van der Waals surface area contributed by atoms with Gasteiger partial charge in [-0.25, -0.2) is 0 Å². The van der Waals surface area contributed by atoms with Crippen LogP contribution in [0.3, 0.4) is 0 Å². The summed E-state index contributed by atoms with van der Waals surface area (Å²) in [7, 11) is 4.00. The summed E-state index contributed by atoms with van der Waals surface area (Å²) in [5, 5.41) is 11.6. The smallest absolute Gasteiger partial charge is 0.0842 e. The number of aromatic nitrogens is 3. The molecule has 0 spiro atoms. The number of aryl methyl sites for hydroxylation is 1. The number of rotatable bonds is 4. The van der Waals surface area contributed by atoms with Gasteiger partial charge in [-0.3, -0.25) is 4.68 Å². The lowest BCUT2D eigenvalue weighted by Gasteiger charge is -2.23. The average Bonchev–Trinajstić information content (AvgIpc) is 2.71. The molecule has 3 atom stereocenters. The molecule has 0 radical (unpaired) electrons. The number of fused-ring (bicyclic) bond motifs is 1. The zero-order chi connectivity index (χ0) is 11.1. The highest BCUT2D eigenvalue weighted by Crippen LogP contribution is 2.55. The number of hydrogen-bond acceptors (Lipinski definition) is 3. The van der Waals surface area contributed by atoms with Crippen molar-refractivity contribution in [3.8, 4) is 0 Å². The van der Waals surface area contributed by atoms with E-state index < -0.39 is 0 Å². The number of nitrogens with zero attached hydrogens (tertiary/aromatic N) is 3. The molecule has 0 bridgehead atoms. The molecule has 1 N–H and O–H groups in total. The molecule has 88 valence electrons. The fourth-order valence-electron chi connectivity index (χ4n) is 3.31. The Bertz CT molecular complexity index is 363. The van der Waals surface area contributed by atoms with Crippen molar-refractivity contribution >= 4 is 0 Å². The molecule has 4 nitrogen and oxygen atoms in total. The molecule has 2 aliphatic rings. The highest BCUT2D eigenvalue weighted by molar-refractivity contribution is 5.03. The van der Waals surface area contributed by atoms with E-state index >= 15 is 0 Å². The van der Waals surface area contributed by atoms with Crippen LogP contribution in [0, 0.1) is 17.8 Å². The minimum absolute atomic E-state index is 0.588. The van der Waals surface area contributed by atoms with E-state index in [0.717, 1.165) is 29.9 Å². The quantitative estimate of drug-likeness (QED) is 0.823. The normalized spacial score (nSPS) is 33.8. The molecule has 3 unspecified atom stereocenters. The van der Waals surface area contributed by atoms with Crippen LogP contribution in [0.15, 0.2) is 6.20 Å². The van der Waals surface area contributed by atoms with Crippen molar-refractivity contribution in [1.29, 1.82) is 0 Å². The number of hydrogen-bond donors (Lipinski definition) is 1. The Hall–Kier alpha value is -0.900.